The van der Waals surface area contributed by atoms with Crippen molar-refractivity contribution < 1.29 is 0 Å². The molecule has 102 valence electrons. The summed E-state index contributed by atoms with van der Waals surface area (Å²) >= 11 is 9.86. The number of thiazole rings is 1. The number of benzene rings is 2. The molecule has 2 aromatic carbocycles. The van der Waals surface area contributed by atoms with Crippen LogP contribution >= 0.6 is 45.5 Å². The summed E-state index contributed by atoms with van der Waals surface area (Å²) < 4.78 is 2.15. The second-order valence-electron chi connectivity index (χ2n) is 4.39. The fraction of sp³-hybridized carbons (Fsp3) is 0.0714. The summed E-state index contributed by atoms with van der Waals surface area (Å²) in [6.45, 7) is 2.00. The lowest BCUT2D eigenvalue weighted by Gasteiger charge is -2.11. The van der Waals surface area contributed by atoms with Crippen LogP contribution in [0, 0.1) is 10.5 Å². The number of aromatic nitrogens is 1. The second kappa shape index (κ2) is 5.38. The van der Waals surface area contributed by atoms with Crippen LogP contribution in [0.25, 0.3) is 10.2 Å². The van der Waals surface area contributed by atoms with Gasteiger partial charge in [0, 0.05) is 8.59 Å². The first kappa shape index (κ1) is 13.9. The molecule has 0 aliphatic carbocycles. The van der Waals surface area contributed by atoms with Gasteiger partial charge in [0.15, 0.2) is 0 Å². The smallest absolute Gasteiger partial charge is 0.0907 e. The SMILES string of the molecule is Cc1nc2cc(Nc3ccc(Cl)cc3I)c(N)cc2s1. The number of rotatable bonds is 2. The molecule has 0 aliphatic heterocycles. The van der Waals surface area contributed by atoms with E-state index in [0.29, 0.717) is 5.69 Å². The predicted octanol–water partition coefficient (Wildman–Crippen LogP) is 5.19. The lowest BCUT2D eigenvalue weighted by atomic mass is 10.2. The summed E-state index contributed by atoms with van der Waals surface area (Å²) in [6.07, 6.45) is 0. The molecule has 20 heavy (non-hydrogen) atoms. The van der Waals surface area contributed by atoms with E-state index in [1.165, 1.54) is 0 Å². The van der Waals surface area contributed by atoms with Crippen molar-refractivity contribution >= 4 is 72.8 Å². The van der Waals surface area contributed by atoms with Gasteiger partial charge >= 0.3 is 0 Å². The predicted molar refractivity (Wildman–Crippen MR) is 96.2 cm³/mol. The van der Waals surface area contributed by atoms with Gasteiger partial charge in [0.1, 0.15) is 0 Å². The van der Waals surface area contributed by atoms with Gasteiger partial charge in [-0.3, -0.25) is 0 Å². The molecule has 3 nitrogen and oxygen atoms in total. The van der Waals surface area contributed by atoms with E-state index in [2.05, 4.69) is 32.9 Å². The van der Waals surface area contributed by atoms with Gasteiger partial charge in [-0.25, -0.2) is 4.98 Å². The fourth-order valence-electron chi connectivity index (χ4n) is 1.95. The minimum atomic E-state index is 0.715. The summed E-state index contributed by atoms with van der Waals surface area (Å²) in [5.74, 6) is 0. The van der Waals surface area contributed by atoms with Crippen molar-refractivity contribution in [3.8, 4) is 0 Å². The Morgan fingerprint density at radius 2 is 2.05 bits per heavy atom. The zero-order chi connectivity index (χ0) is 14.3. The Balaban J connectivity index is 2.03. The van der Waals surface area contributed by atoms with Crippen LogP contribution in [-0.4, -0.2) is 4.98 Å². The van der Waals surface area contributed by atoms with Crippen molar-refractivity contribution in [3.05, 3.63) is 43.9 Å². The minimum absolute atomic E-state index is 0.715. The Labute approximate surface area is 139 Å². The molecule has 0 bridgehead atoms. The van der Waals surface area contributed by atoms with Gasteiger partial charge in [-0.1, -0.05) is 11.6 Å². The van der Waals surface area contributed by atoms with Gasteiger partial charge in [0.25, 0.3) is 0 Å². The molecule has 1 heterocycles. The monoisotopic (exact) mass is 415 g/mol. The molecular formula is C14H11ClIN3S. The first-order chi connectivity index (χ1) is 9.52. The van der Waals surface area contributed by atoms with Crippen molar-refractivity contribution in [3.63, 3.8) is 0 Å². The van der Waals surface area contributed by atoms with Crippen molar-refractivity contribution in [2.24, 2.45) is 0 Å². The molecular weight excluding hydrogens is 405 g/mol. The van der Waals surface area contributed by atoms with Crippen LogP contribution in [0.2, 0.25) is 5.02 Å². The topological polar surface area (TPSA) is 50.9 Å². The van der Waals surface area contributed by atoms with Crippen LogP contribution in [-0.2, 0) is 0 Å². The standard InChI is InChI=1S/C14H11ClIN3S/c1-7-18-13-6-12(10(17)5-14(13)20-7)19-11-3-2-8(15)4-9(11)16/h2-6,19H,17H2,1H3. The van der Waals surface area contributed by atoms with E-state index in [-0.39, 0.29) is 0 Å². The molecule has 0 amide bonds. The summed E-state index contributed by atoms with van der Waals surface area (Å²) in [4.78, 5) is 4.49. The molecule has 0 unspecified atom stereocenters. The molecule has 0 fully saturated rings. The minimum Gasteiger partial charge on any atom is -0.397 e. The molecule has 0 spiro atoms. The van der Waals surface area contributed by atoms with E-state index < -0.39 is 0 Å². The van der Waals surface area contributed by atoms with E-state index in [0.717, 1.165) is 35.2 Å². The van der Waals surface area contributed by atoms with Gasteiger partial charge in [0.05, 0.1) is 32.3 Å². The number of aryl methyl sites for hydroxylation is 1. The Morgan fingerprint density at radius 1 is 1.25 bits per heavy atom. The van der Waals surface area contributed by atoms with Gasteiger partial charge in [-0.2, -0.15) is 0 Å². The van der Waals surface area contributed by atoms with Crippen LogP contribution < -0.4 is 11.1 Å². The maximum Gasteiger partial charge on any atom is 0.0907 e. The zero-order valence-corrected chi connectivity index (χ0v) is 14.3. The average molecular weight is 416 g/mol. The maximum absolute atomic E-state index is 6.11. The summed E-state index contributed by atoms with van der Waals surface area (Å²) in [5.41, 5.74) is 9.64. The number of anilines is 3. The molecule has 3 aromatic rings. The highest BCUT2D eigenvalue weighted by Gasteiger charge is 2.08. The number of nitrogens with zero attached hydrogens (tertiary/aromatic N) is 1. The van der Waals surface area contributed by atoms with E-state index >= 15 is 0 Å². The summed E-state index contributed by atoms with van der Waals surface area (Å²) in [6, 6.07) is 9.66. The molecule has 6 heteroatoms. The quantitative estimate of drug-likeness (QED) is 0.447. The van der Waals surface area contributed by atoms with E-state index in [1.54, 1.807) is 11.3 Å². The van der Waals surface area contributed by atoms with Crippen molar-refractivity contribution in [2.45, 2.75) is 6.92 Å². The highest BCUT2D eigenvalue weighted by molar-refractivity contribution is 14.1. The maximum atomic E-state index is 6.11. The van der Waals surface area contributed by atoms with Crippen LogP contribution in [0.1, 0.15) is 5.01 Å². The summed E-state index contributed by atoms with van der Waals surface area (Å²) in [7, 11) is 0. The van der Waals surface area contributed by atoms with Crippen LogP contribution in [0.15, 0.2) is 30.3 Å². The number of nitrogens with two attached hydrogens (primary N) is 1. The number of halogens is 2. The van der Waals surface area contributed by atoms with Crippen LogP contribution in [0.4, 0.5) is 17.1 Å². The lowest BCUT2D eigenvalue weighted by molar-refractivity contribution is 1.35. The highest BCUT2D eigenvalue weighted by atomic mass is 127. The van der Waals surface area contributed by atoms with Crippen LogP contribution in [0.5, 0.6) is 0 Å². The average Bonchev–Trinajstić information content (AvgIpc) is 2.72. The second-order valence-corrected chi connectivity index (χ2v) is 7.22. The Kier molecular flexibility index (Phi) is 3.74. The van der Waals surface area contributed by atoms with Gasteiger partial charge < -0.3 is 11.1 Å². The largest absolute Gasteiger partial charge is 0.397 e. The van der Waals surface area contributed by atoms with Gasteiger partial charge in [0.2, 0.25) is 0 Å². The fourth-order valence-corrected chi connectivity index (χ4v) is 3.81. The van der Waals surface area contributed by atoms with Gasteiger partial charge in [-0.05, 0) is 59.8 Å². The number of fused-ring (bicyclic) bond motifs is 1. The Hall–Kier alpha value is -1.05. The molecule has 3 rings (SSSR count). The third-order valence-corrected chi connectivity index (χ3v) is 4.93. The van der Waals surface area contributed by atoms with E-state index in [9.17, 15) is 0 Å². The van der Waals surface area contributed by atoms with Crippen LogP contribution in [0.3, 0.4) is 0 Å². The normalized spacial score (nSPS) is 10.9. The zero-order valence-electron chi connectivity index (χ0n) is 10.6. The molecule has 1 aromatic heterocycles. The number of hydrogen-bond acceptors (Lipinski definition) is 4. The highest BCUT2D eigenvalue weighted by Crippen LogP contribution is 2.33. The van der Waals surface area contributed by atoms with E-state index in [4.69, 9.17) is 17.3 Å². The van der Waals surface area contributed by atoms with Gasteiger partial charge in [-0.15, -0.1) is 11.3 Å². The third kappa shape index (κ3) is 2.70. The molecule has 0 saturated heterocycles. The summed E-state index contributed by atoms with van der Waals surface area (Å²) in [5, 5.41) is 5.10. The Bertz CT molecular complexity index is 800. The first-order valence-electron chi connectivity index (χ1n) is 5.91. The van der Waals surface area contributed by atoms with Crippen molar-refractivity contribution in [1.29, 1.82) is 0 Å². The molecule has 0 aliphatic rings. The third-order valence-electron chi connectivity index (χ3n) is 2.87. The molecule has 3 N–H and O–H groups in total. The molecule has 0 atom stereocenters. The number of nitrogen functional groups attached to an aromatic ring is 1. The first-order valence-corrected chi connectivity index (χ1v) is 8.19. The molecule has 0 saturated carbocycles. The number of nitrogens with one attached hydrogen (secondary N) is 1. The molecule has 0 radical (unpaired) electrons. The van der Waals surface area contributed by atoms with Crippen molar-refractivity contribution in [2.75, 3.05) is 11.1 Å². The van der Waals surface area contributed by atoms with Crippen molar-refractivity contribution in [1.82, 2.24) is 4.98 Å². The van der Waals surface area contributed by atoms with E-state index in [1.807, 2.05) is 37.3 Å². The lowest BCUT2D eigenvalue weighted by Crippen LogP contribution is -1.97. The Morgan fingerprint density at radius 3 is 2.80 bits per heavy atom. The number of hydrogen-bond donors (Lipinski definition) is 2.